The van der Waals surface area contributed by atoms with Crippen molar-refractivity contribution in [1.82, 2.24) is 9.62 Å². The predicted molar refractivity (Wildman–Crippen MR) is 127 cm³/mol. The average Bonchev–Trinajstić information content (AvgIpc) is 2.73. The first-order valence-electron chi connectivity index (χ1n) is 10.5. The minimum atomic E-state index is -3.56. The quantitative estimate of drug-likeness (QED) is 0.493. The number of hydrogen-bond donors (Lipinski definition) is 3. The van der Waals surface area contributed by atoms with Crippen molar-refractivity contribution in [2.24, 2.45) is 0 Å². The van der Waals surface area contributed by atoms with Crippen molar-refractivity contribution in [3.05, 3.63) is 53.6 Å². The van der Waals surface area contributed by atoms with Gasteiger partial charge in [-0.15, -0.1) is 0 Å². The zero-order valence-corrected chi connectivity index (χ0v) is 19.8. The van der Waals surface area contributed by atoms with Crippen LogP contribution < -0.4 is 16.0 Å². The molecule has 2 rings (SSSR count). The summed E-state index contributed by atoms with van der Waals surface area (Å²) in [5, 5.41) is 9.15. The average molecular weight is 447 g/mol. The Morgan fingerprint density at radius 1 is 1.00 bits per heavy atom. The number of nitrogens with one attached hydrogen (secondary N) is 3. The van der Waals surface area contributed by atoms with Crippen LogP contribution in [-0.2, 0) is 21.2 Å². The Balaban J connectivity index is 1.95. The van der Waals surface area contributed by atoms with Gasteiger partial charge in [-0.05, 0) is 48.6 Å². The predicted octanol–water partition coefficient (Wildman–Crippen LogP) is 3.26. The molecule has 8 heteroatoms. The monoisotopic (exact) mass is 446 g/mol. The van der Waals surface area contributed by atoms with Crippen LogP contribution in [0.15, 0.2) is 47.4 Å². The van der Waals surface area contributed by atoms with Crippen LogP contribution in [0.2, 0.25) is 0 Å². The zero-order valence-electron chi connectivity index (χ0n) is 19.0. The van der Waals surface area contributed by atoms with Crippen LogP contribution >= 0.6 is 0 Å². The van der Waals surface area contributed by atoms with Crippen molar-refractivity contribution in [2.75, 3.05) is 44.4 Å². The fourth-order valence-electron chi connectivity index (χ4n) is 3.04. The number of hydrogen-bond acceptors (Lipinski definition) is 5. The van der Waals surface area contributed by atoms with Crippen molar-refractivity contribution in [1.29, 1.82) is 0 Å². The maximum Gasteiger partial charge on any atom is 0.242 e. The highest BCUT2D eigenvalue weighted by molar-refractivity contribution is 7.89. The molecule has 0 fully saturated rings. The number of rotatable bonds is 11. The second-order valence-corrected chi connectivity index (χ2v) is 10.0. The molecular weight excluding hydrogens is 412 g/mol. The topological polar surface area (TPSA) is 90.5 Å². The Morgan fingerprint density at radius 3 is 2.26 bits per heavy atom. The molecule has 0 aliphatic heterocycles. The number of carbonyl (C=O) groups is 1. The molecule has 0 aromatic heterocycles. The van der Waals surface area contributed by atoms with Gasteiger partial charge in [-0.3, -0.25) is 4.79 Å². The maximum absolute atomic E-state index is 12.4. The Labute approximate surface area is 186 Å². The summed E-state index contributed by atoms with van der Waals surface area (Å²) in [6.45, 7) is 7.54. The fraction of sp³-hybridized carbons (Fsp3) is 0.435. The number of nitrogens with zero attached hydrogens (tertiary/aromatic N) is 1. The van der Waals surface area contributed by atoms with Crippen molar-refractivity contribution in [3.63, 3.8) is 0 Å². The molecule has 0 bridgehead atoms. The van der Waals surface area contributed by atoms with E-state index in [0.717, 1.165) is 12.1 Å². The van der Waals surface area contributed by atoms with E-state index in [2.05, 4.69) is 54.1 Å². The van der Waals surface area contributed by atoms with E-state index in [1.54, 1.807) is 18.2 Å². The molecule has 0 heterocycles. The first-order valence-corrected chi connectivity index (χ1v) is 12.0. The van der Waals surface area contributed by atoms with E-state index >= 15 is 0 Å². The van der Waals surface area contributed by atoms with Gasteiger partial charge < -0.3 is 16.0 Å². The lowest BCUT2D eigenvalue weighted by molar-refractivity contribution is -0.119. The van der Waals surface area contributed by atoms with Gasteiger partial charge in [-0.25, -0.2) is 12.7 Å². The molecule has 7 nitrogen and oxygen atoms in total. The summed E-state index contributed by atoms with van der Waals surface area (Å²) < 4.78 is 26.0. The molecule has 31 heavy (non-hydrogen) atoms. The molecular formula is C23H34N4O3S. The summed E-state index contributed by atoms with van der Waals surface area (Å²) >= 11 is 0. The summed E-state index contributed by atoms with van der Waals surface area (Å²) in [7, 11) is -0.577. The van der Waals surface area contributed by atoms with E-state index in [0.29, 0.717) is 24.7 Å². The van der Waals surface area contributed by atoms with Gasteiger partial charge in [0.2, 0.25) is 15.9 Å². The SMILES string of the molecule is CCNc1ccc(S(=O)(=O)N(C)C)cc1NCC(=O)NCCc1ccc(C(C)C)cc1. The molecule has 3 N–H and O–H groups in total. The second-order valence-electron chi connectivity index (χ2n) is 7.87. The van der Waals surface area contributed by atoms with Gasteiger partial charge in [0.05, 0.1) is 22.8 Å². The van der Waals surface area contributed by atoms with Gasteiger partial charge in [-0.1, -0.05) is 38.1 Å². The smallest absolute Gasteiger partial charge is 0.242 e. The van der Waals surface area contributed by atoms with Crippen LogP contribution in [-0.4, -0.2) is 52.4 Å². The first kappa shape index (κ1) is 24.7. The zero-order chi connectivity index (χ0) is 23.0. The molecule has 2 aromatic carbocycles. The second kappa shape index (κ2) is 11.2. The minimum absolute atomic E-state index is 0.0517. The molecule has 0 atom stereocenters. The van der Waals surface area contributed by atoms with Crippen LogP contribution in [0.25, 0.3) is 0 Å². The molecule has 170 valence electrons. The van der Waals surface area contributed by atoms with Crippen LogP contribution in [0, 0.1) is 0 Å². The van der Waals surface area contributed by atoms with E-state index in [-0.39, 0.29) is 17.3 Å². The highest BCUT2D eigenvalue weighted by Gasteiger charge is 2.19. The summed E-state index contributed by atoms with van der Waals surface area (Å²) in [5.41, 5.74) is 3.79. The largest absolute Gasteiger partial charge is 0.384 e. The van der Waals surface area contributed by atoms with E-state index in [4.69, 9.17) is 0 Å². The van der Waals surface area contributed by atoms with Gasteiger partial charge in [-0.2, -0.15) is 0 Å². The Bertz CT molecular complexity index is 971. The summed E-state index contributed by atoms with van der Waals surface area (Å²) in [6, 6.07) is 13.3. The number of benzene rings is 2. The fourth-order valence-corrected chi connectivity index (χ4v) is 3.97. The van der Waals surface area contributed by atoms with Crippen LogP contribution in [0.3, 0.4) is 0 Å². The van der Waals surface area contributed by atoms with Gasteiger partial charge in [0.1, 0.15) is 0 Å². The van der Waals surface area contributed by atoms with E-state index in [1.807, 2.05) is 6.92 Å². The summed E-state index contributed by atoms with van der Waals surface area (Å²) in [4.78, 5) is 12.5. The third-order valence-electron chi connectivity index (χ3n) is 4.96. The molecule has 0 unspecified atom stereocenters. The number of carbonyl (C=O) groups excluding carboxylic acids is 1. The van der Waals surface area contributed by atoms with Gasteiger partial charge in [0, 0.05) is 27.2 Å². The van der Waals surface area contributed by atoms with E-state index < -0.39 is 10.0 Å². The lowest BCUT2D eigenvalue weighted by Gasteiger charge is -2.17. The molecule has 0 aliphatic carbocycles. The summed E-state index contributed by atoms with van der Waals surface area (Å²) in [5.74, 6) is 0.347. The van der Waals surface area contributed by atoms with Crippen LogP contribution in [0.4, 0.5) is 11.4 Å². The van der Waals surface area contributed by atoms with Gasteiger partial charge in [0.15, 0.2) is 0 Å². The minimum Gasteiger partial charge on any atom is -0.384 e. The van der Waals surface area contributed by atoms with Gasteiger partial charge >= 0.3 is 0 Å². The Hall–Kier alpha value is -2.58. The maximum atomic E-state index is 12.4. The van der Waals surface area contributed by atoms with Crippen molar-refractivity contribution in [3.8, 4) is 0 Å². The number of amides is 1. The van der Waals surface area contributed by atoms with Crippen LogP contribution in [0.1, 0.15) is 37.8 Å². The lowest BCUT2D eigenvalue weighted by atomic mass is 10.0. The normalized spacial score (nSPS) is 11.6. The van der Waals surface area contributed by atoms with Crippen molar-refractivity contribution >= 4 is 27.3 Å². The van der Waals surface area contributed by atoms with E-state index in [9.17, 15) is 13.2 Å². The highest BCUT2D eigenvalue weighted by Crippen LogP contribution is 2.26. The standard InChI is InChI=1S/C23H34N4O3S/c1-6-24-21-12-11-20(31(29,30)27(4)5)15-22(21)26-16-23(28)25-14-13-18-7-9-19(10-8-18)17(2)3/h7-12,15,17,24,26H,6,13-14,16H2,1-5H3,(H,25,28). The summed E-state index contributed by atoms with van der Waals surface area (Å²) in [6.07, 6.45) is 0.753. The highest BCUT2D eigenvalue weighted by atomic mass is 32.2. The van der Waals surface area contributed by atoms with Crippen molar-refractivity contribution < 1.29 is 13.2 Å². The number of anilines is 2. The molecule has 2 aromatic rings. The molecule has 0 aliphatic rings. The molecule has 1 amide bonds. The Kier molecular flexibility index (Phi) is 8.88. The Morgan fingerprint density at radius 2 is 1.68 bits per heavy atom. The first-order chi connectivity index (χ1) is 14.6. The molecule has 0 spiro atoms. The van der Waals surface area contributed by atoms with Crippen LogP contribution in [0.5, 0.6) is 0 Å². The molecule has 0 radical (unpaired) electrons. The molecule has 0 saturated carbocycles. The lowest BCUT2D eigenvalue weighted by Crippen LogP contribution is -2.31. The third-order valence-corrected chi connectivity index (χ3v) is 6.77. The third kappa shape index (κ3) is 6.97. The molecule has 0 saturated heterocycles. The van der Waals surface area contributed by atoms with E-state index in [1.165, 1.54) is 29.5 Å². The number of sulfonamides is 1. The van der Waals surface area contributed by atoms with Gasteiger partial charge in [0.25, 0.3) is 0 Å². The van der Waals surface area contributed by atoms with Crippen molar-refractivity contribution in [2.45, 2.75) is 38.0 Å².